The molecule has 3 nitrogen and oxygen atoms in total. The Morgan fingerprint density at radius 3 is 2.88 bits per heavy atom. The van der Waals surface area contributed by atoms with E-state index in [0.29, 0.717) is 17.4 Å². The van der Waals surface area contributed by atoms with Gasteiger partial charge < -0.3 is 9.88 Å². The third kappa shape index (κ3) is 3.02. The van der Waals surface area contributed by atoms with Crippen molar-refractivity contribution in [2.75, 3.05) is 11.9 Å². The number of hydrogen-bond donors (Lipinski definition) is 1. The molecule has 1 aliphatic rings. The molecule has 1 saturated carbocycles. The van der Waals surface area contributed by atoms with Crippen molar-refractivity contribution in [3.63, 3.8) is 0 Å². The average Bonchev–Trinajstić information content (AvgIpc) is 2.80. The molecule has 1 aliphatic carbocycles. The highest BCUT2D eigenvalue weighted by Gasteiger charge is 2.32. The van der Waals surface area contributed by atoms with Gasteiger partial charge in [-0.15, -0.1) is 0 Å². The Bertz CT molecular complexity index is 365. The summed E-state index contributed by atoms with van der Waals surface area (Å²) < 4.78 is 2.33. The van der Waals surface area contributed by atoms with E-state index in [1.165, 1.54) is 19.3 Å². The zero-order chi connectivity index (χ0) is 12.5. The molecule has 96 valence electrons. The van der Waals surface area contributed by atoms with Crippen molar-refractivity contribution in [3.8, 4) is 0 Å². The largest absolute Gasteiger partial charge is 0.355 e. The highest BCUT2D eigenvalue weighted by Crippen LogP contribution is 2.44. The maximum atomic E-state index is 4.43. The topological polar surface area (TPSA) is 29.9 Å². The van der Waals surface area contributed by atoms with Gasteiger partial charge in [0.2, 0.25) is 5.95 Å². The summed E-state index contributed by atoms with van der Waals surface area (Å²) in [4.78, 5) is 4.43. The standard InChI is InChI=1S/C14H25N3/c1-11(2)10-16-13-15-7-8-17(13)12-5-6-14(3,4)9-12/h7-8,11-12H,5-6,9-10H2,1-4H3,(H,15,16). The molecule has 1 unspecified atom stereocenters. The van der Waals surface area contributed by atoms with E-state index in [-0.39, 0.29) is 0 Å². The molecule has 1 aromatic heterocycles. The number of nitrogens with one attached hydrogen (secondary N) is 1. The van der Waals surface area contributed by atoms with Crippen LogP contribution in [-0.4, -0.2) is 16.1 Å². The van der Waals surface area contributed by atoms with Gasteiger partial charge in [-0.05, 0) is 30.6 Å². The van der Waals surface area contributed by atoms with Crippen molar-refractivity contribution in [1.82, 2.24) is 9.55 Å². The number of anilines is 1. The van der Waals surface area contributed by atoms with Gasteiger partial charge in [-0.1, -0.05) is 27.7 Å². The van der Waals surface area contributed by atoms with Crippen LogP contribution in [-0.2, 0) is 0 Å². The molecule has 1 aromatic rings. The minimum Gasteiger partial charge on any atom is -0.355 e. The monoisotopic (exact) mass is 235 g/mol. The molecule has 1 N–H and O–H groups in total. The second-order valence-corrected chi connectivity index (χ2v) is 6.49. The minimum atomic E-state index is 0.490. The van der Waals surface area contributed by atoms with E-state index >= 15 is 0 Å². The number of aromatic nitrogens is 2. The lowest BCUT2D eigenvalue weighted by atomic mass is 9.92. The Labute approximate surface area is 105 Å². The Balaban J connectivity index is 2.04. The van der Waals surface area contributed by atoms with Gasteiger partial charge in [-0.3, -0.25) is 0 Å². The quantitative estimate of drug-likeness (QED) is 0.862. The number of rotatable bonds is 4. The predicted molar refractivity (Wildman–Crippen MR) is 72.2 cm³/mol. The van der Waals surface area contributed by atoms with Crippen molar-refractivity contribution in [3.05, 3.63) is 12.4 Å². The van der Waals surface area contributed by atoms with Crippen molar-refractivity contribution in [2.45, 2.75) is 53.0 Å². The van der Waals surface area contributed by atoms with E-state index in [1.807, 2.05) is 6.20 Å². The molecule has 0 saturated heterocycles. The summed E-state index contributed by atoms with van der Waals surface area (Å²) in [5, 5.41) is 3.45. The van der Waals surface area contributed by atoms with E-state index in [2.05, 4.69) is 48.8 Å². The summed E-state index contributed by atoms with van der Waals surface area (Å²) in [6.45, 7) is 10.2. The lowest BCUT2D eigenvalue weighted by molar-refractivity contribution is 0.359. The van der Waals surface area contributed by atoms with E-state index in [1.54, 1.807) is 0 Å². The normalized spacial score (nSPS) is 23.2. The van der Waals surface area contributed by atoms with Gasteiger partial charge in [0.25, 0.3) is 0 Å². The SMILES string of the molecule is CC(C)CNc1nccn1C1CCC(C)(C)C1. The molecule has 1 heterocycles. The van der Waals surface area contributed by atoms with Crippen molar-refractivity contribution in [1.29, 1.82) is 0 Å². The third-order valence-electron chi connectivity index (χ3n) is 3.67. The van der Waals surface area contributed by atoms with E-state index in [9.17, 15) is 0 Å². The van der Waals surface area contributed by atoms with Gasteiger partial charge in [0.15, 0.2) is 0 Å². The van der Waals surface area contributed by atoms with Crippen LogP contribution in [0.5, 0.6) is 0 Å². The number of imidazole rings is 1. The molecule has 0 aliphatic heterocycles. The lowest BCUT2D eigenvalue weighted by Crippen LogP contribution is -2.15. The highest BCUT2D eigenvalue weighted by atomic mass is 15.2. The zero-order valence-corrected chi connectivity index (χ0v) is 11.5. The van der Waals surface area contributed by atoms with Crippen LogP contribution in [0.15, 0.2) is 12.4 Å². The Morgan fingerprint density at radius 1 is 1.53 bits per heavy atom. The van der Waals surface area contributed by atoms with Crippen LogP contribution in [0.25, 0.3) is 0 Å². The van der Waals surface area contributed by atoms with E-state index < -0.39 is 0 Å². The molecule has 3 heteroatoms. The molecule has 1 atom stereocenters. The van der Waals surface area contributed by atoms with Crippen LogP contribution in [0.3, 0.4) is 0 Å². The fraction of sp³-hybridized carbons (Fsp3) is 0.786. The van der Waals surface area contributed by atoms with Crippen LogP contribution in [0, 0.1) is 11.3 Å². The molecule has 0 bridgehead atoms. The molecular weight excluding hydrogens is 210 g/mol. The van der Waals surface area contributed by atoms with Gasteiger partial charge in [0.05, 0.1) is 0 Å². The summed E-state index contributed by atoms with van der Waals surface area (Å²) in [5.74, 6) is 1.70. The first-order valence-electron chi connectivity index (χ1n) is 6.75. The molecular formula is C14H25N3. The highest BCUT2D eigenvalue weighted by molar-refractivity contribution is 5.27. The number of nitrogens with zero attached hydrogens (tertiary/aromatic N) is 2. The summed E-state index contributed by atoms with van der Waals surface area (Å²) in [6, 6.07) is 0.627. The maximum absolute atomic E-state index is 4.43. The fourth-order valence-corrected chi connectivity index (χ4v) is 2.68. The summed E-state index contributed by atoms with van der Waals surface area (Å²) in [5.41, 5.74) is 0.490. The van der Waals surface area contributed by atoms with Crippen LogP contribution < -0.4 is 5.32 Å². The lowest BCUT2D eigenvalue weighted by Gasteiger charge is -2.20. The Hall–Kier alpha value is -0.990. The van der Waals surface area contributed by atoms with Crippen LogP contribution in [0.4, 0.5) is 5.95 Å². The molecule has 1 fully saturated rings. The first-order valence-corrected chi connectivity index (χ1v) is 6.75. The van der Waals surface area contributed by atoms with Gasteiger partial charge in [-0.2, -0.15) is 0 Å². The molecule has 17 heavy (non-hydrogen) atoms. The van der Waals surface area contributed by atoms with Gasteiger partial charge in [0.1, 0.15) is 0 Å². The van der Waals surface area contributed by atoms with Crippen LogP contribution in [0.1, 0.15) is 53.0 Å². The second kappa shape index (κ2) is 4.71. The van der Waals surface area contributed by atoms with E-state index in [0.717, 1.165) is 12.5 Å². The van der Waals surface area contributed by atoms with Crippen molar-refractivity contribution < 1.29 is 0 Å². The molecule has 2 rings (SSSR count). The predicted octanol–water partition coefficient (Wildman–Crippen LogP) is 3.70. The van der Waals surface area contributed by atoms with Gasteiger partial charge in [0, 0.05) is 25.0 Å². The Kier molecular flexibility index (Phi) is 3.45. The second-order valence-electron chi connectivity index (χ2n) is 6.49. The minimum absolute atomic E-state index is 0.490. The molecule has 0 radical (unpaired) electrons. The molecule has 0 spiro atoms. The average molecular weight is 235 g/mol. The zero-order valence-electron chi connectivity index (χ0n) is 11.5. The first-order chi connectivity index (χ1) is 7.98. The van der Waals surface area contributed by atoms with Crippen LogP contribution >= 0.6 is 0 Å². The number of hydrogen-bond acceptors (Lipinski definition) is 2. The maximum Gasteiger partial charge on any atom is 0.203 e. The third-order valence-corrected chi connectivity index (χ3v) is 3.67. The van der Waals surface area contributed by atoms with Crippen LogP contribution in [0.2, 0.25) is 0 Å². The summed E-state index contributed by atoms with van der Waals surface area (Å²) >= 11 is 0. The smallest absolute Gasteiger partial charge is 0.203 e. The van der Waals surface area contributed by atoms with Gasteiger partial charge in [-0.25, -0.2) is 4.98 Å². The van der Waals surface area contributed by atoms with Crippen molar-refractivity contribution in [2.24, 2.45) is 11.3 Å². The van der Waals surface area contributed by atoms with E-state index in [4.69, 9.17) is 0 Å². The Morgan fingerprint density at radius 2 is 2.29 bits per heavy atom. The van der Waals surface area contributed by atoms with Gasteiger partial charge >= 0.3 is 0 Å². The summed E-state index contributed by atoms with van der Waals surface area (Å²) in [7, 11) is 0. The fourth-order valence-electron chi connectivity index (χ4n) is 2.68. The van der Waals surface area contributed by atoms with Crippen molar-refractivity contribution >= 4 is 5.95 Å². The molecule has 0 amide bonds. The summed E-state index contributed by atoms with van der Waals surface area (Å²) in [6.07, 6.45) is 7.89. The first kappa shape index (κ1) is 12.5. The molecule has 0 aromatic carbocycles.